The first-order valence-electron chi connectivity index (χ1n) is 8.99. The third-order valence-corrected chi connectivity index (χ3v) is 4.49. The molecule has 0 saturated carbocycles. The van der Waals surface area contributed by atoms with Crippen molar-refractivity contribution in [1.29, 1.82) is 0 Å². The Bertz CT molecular complexity index is 576. The van der Waals surface area contributed by atoms with Crippen molar-refractivity contribution in [2.45, 2.75) is 38.3 Å². The number of carbonyl (C=O) groups is 2. The summed E-state index contributed by atoms with van der Waals surface area (Å²) in [6.45, 7) is 2.23. The second-order valence-corrected chi connectivity index (χ2v) is 6.37. The highest BCUT2D eigenvalue weighted by atomic mass is 35.5. The minimum Gasteiger partial charge on any atom is -0.494 e. The van der Waals surface area contributed by atoms with Crippen molar-refractivity contribution in [3.8, 4) is 5.75 Å². The number of ether oxygens (including phenoxy) is 3. The number of hydrogen-bond acceptors (Lipinski definition) is 6. The fraction of sp³-hybridized carbons (Fsp3) is 0.579. The molecule has 1 aliphatic heterocycles. The Kier molecular flexibility index (Phi) is 10.8. The summed E-state index contributed by atoms with van der Waals surface area (Å²) in [5, 5.41) is 2.89. The SMILES string of the molecule is COC(=O)CCCOc1ccc(CNC(=O)C(N)C2CCOCC2)cc1.Cl. The van der Waals surface area contributed by atoms with E-state index >= 15 is 0 Å². The molecule has 1 fully saturated rings. The van der Waals surface area contributed by atoms with E-state index in [0.29, 0.717) is 39.2 Å². The molecule has 0 aliphatic carbocycles. The molecule has 0 aromatic heterocycles. The molecule has 0 spiro atoms. The summed E-state index contributed by atoms with van der Waals surface area (Å²) < 4.78 is 15.4. The maximum Gasteiger partial charge on any atom is 0.305 e. The van der Waals surface area contributed by atoms with Gasteiger partial charge in [0.1, 0.15) is 5.75 Å². The molecule has 1 atom stereocenters. The number of nitrogens with two attached hydrogens (primary N) is 1. The molecule has 152 valence electrons. The molecule has 1 aliphatic rings. The Morgan fingerprint density at radius 2 is 1.93 bits per heavy atom. The first kappa shape index (κ1) is 23.2. The molecule has 1 saturated heterocycles. The summed E-state index contributed by atoms with van der Waals surface area (Å²) >= 11 is 0. The average Bonchev–Trinajstić information content (AvgIpc) is 2.70. The quantitative estimate of drug-likeness (QED) is 0.484. The molecule has 3 N–H and O–H groups in total. The van der Waals surface area contributed by atoms with Gasteiger partial charge in [0.25, 0.3) is 0 Å². The van der Waals surface area contributed by atoms with Crippen LogP contribution in [0.25, 0.3) is 0 Å². The van der Waals surface area contributed by atoms with E-state index in [4.69, 9.17) is 15.2 Å². The van der Waals surface area contributed by atoms with Crippen LogP contribution in [0.3, 0.4) is 0 Å². The van der Waals surface area contributed by atoms with Crippen LogP contribution in [0.4, 0.5) is 0 Å². The number of nitrogens with one attached hydrogen (secondary N) is 1. The molecule has 1 aromatic carbocycles. The molecule has 0 radical (unpaired) electrons. The lowest BCUT2D eigenvalue weighted by atomic mass is 9.92. The molecular formula is C19H29ClN2O5. The monoisotopic (exact) mass is 400 g/mol. The standard InChI is InChI=1S/C19H28N2O5.ClH/c1-24-17(22)3-2-10-26-16-6-4-14(5-7-16)13-21-19(23)18(20)15-8-11-25-12-9-15;/h4-7,15,18H,2-3,8-13,20H2,1H3,(H,21,23);1H. The van der Waals surface area contributed by atoms with Crippen LogP contribution in [0.2, 0.25) is 0 Å². The lowest BCUT2D eigenvalue weighted by Crippen LogP contribution is -2.46. The number of methoxy groups -OCH3 is 1. The number of esters is 1. The second kappa shape index (κ2) is 12.5. The Morgan fingerprint density at radius 3 is 2.56 bits per heavy atom. The highest BCUT2D eigenvalue weighted by Gasteiger charge is 2.26. The second-order valence-electron chi connectivity index (χ2n) is 6.37. The van der Waals surface area contributed by atoms with Gasteiger partial charge in [0.05, 0.1) is 19.8 Å². The number of rotatable bonds is 9. The molecule has 8 heteroatoms. The van der Waals surface area contributed by atoms with Gasteiger partial charge in [0.2, 0.25) is 5.91 Å². The van der Waals surface area contributed by atoms with Crippen LogP contribution < -0.4 is 15.8 Å². The minimum atomic E-state index is -0.490. The van der Waals surface area contributed by atoms with Crippen LogP contribution in [-0.4, -0.2) is 44.8 Å². The predicted molar refractivity (Wildman–Crippen MR) is 104 cm³/mol. The van der Waals surface area contributed by atoms with Crippen molar-refractivity contribution in [1.82, 2.24) is 5.32 Å². The first-order valence-corrected chi connectivity index (χ1v) is 8.99. The summed E-state index contributed by atoms with van der Waals surface area (Å²) in [4.78, 5) is 23.2. The third kappa shape index (κ3) is 8.15. The van der Waals surface area contributed by atoms with Crippen molar-refractivity contribution < 1.29 is 23.8 Å². The van der Waals surface area contributed by atoms with Crippen molar-refractivity contribution in [3.05, 3.63) is 29.8 Å². The van der Waals surface area contributed by atoms with E-state index in [1.54, 1.807) is 0 Å². The van der Waals surface area contributed by atoms with Gasteiger partial charge >= 0.3 is 5.97 Å². The third-order valence-electron chi connectivity index (χ3n) is 4.49. The van der Waals surface area contributed by atoms with Crippen LogP contribution in [0, 0.1) is 5.92 Å². The highest BCUT2D eigenvalue weighted by Crippen LogP contribution is 2.18. The molecule has 1 aromatic rings. The van der Waals surface area contributed by atoms with Gasteiger partial charge in [-0.2, -0.15) is 0 Å². The molecule has 7 nitrogen and oxygen atoms in total. The normalized spacial score (nSPS) is 15.3. The molecule has 0 bridgehead atoms. The van der Waals surface area contributed by atoms with Crippen LogP contribution in [-0.2, 0) is 25.6 Å². The zero-order valence-electron chi connectivity index (χ0n) is 15.6. The van der Waals surface area contributed by atoms with Crippen molar-refractivity contribution in [2.75, 3.05) is 26.9 Å². The highest BCUT2D eigenvalue weighted by molar-refractivity contribution is 5.85. The van der Waals surface area contributed by atoms with E-state index in [1.807, 2.05) is 24.3 Å². The minimum absolute atomic E-state index is 0. The largest absolute Gasteiger partial charge is 0.494 e. The predicted octanol–water partition coefficient (Wildman–Crippen LogP) is 1.81. The van der Waals surface area contributed by atoms with Crippen LogP contribution >= 0.6 is 12.4 Å². The van der Waals surface area contributed by atoms with Crippen LogP contribution in [0.1, 0.15) is 31.2 Å². The maximum absolute atomic E-state index is 12.2. The summed E-state index contributed by atoms with van der Waals surface area (Å²) in [5.74, 6) is 0.548. The van der Waals surface area contributed by atoms with Gasteiger partial charge < -0.3 is 25.3 Å². The molecule has 1 heterocycles. The summed E-state index contributed by atoms with van der Waals surface area (Å²) in [6.07, 6.45) is 2.61. The Hall–Kier alpha value is -1.83. The zero-order valence-corrected chi connectivity index (χ0v) is 16.5. The topological polar surface area (TPSA) is 99.9 Å². The summed E-state index contributed by atoms with van der Waals surface area (Å²) in [7, 11) is 1.37. The number of amides is 1. The van der Waals surface area contributed by atoms with E-state index in [2.05, 4.69) is 10.1 Å². The average molecular weight is 401 g/mol. The molecule has 2 rings (SSSR count). The van der Waals surface area contributed by atoms with E-state index in [1.165, 1.54) is 7.11 Å². The zero-order chi connectivity index (χ0) is 18.8. The smallest absolute Gasteiger partial charge is 0.305 e. The molecule has 1 amide bonds. The Balaban J connectivity index is 0.00000364. The van der Waals surface area contributed by atoms with Gasteiger partial charge in [-0.3, -0.25) is 9.59 Å². The van der Waals surface area contributed by atoms with Crippen LogP contribution in [0.5, 0.6) is 5.75 Å². The van der Waals surface area contributed by atoms with Crippen molar-refractivity contribution in [3.63, 3.8) is 0 Å². The molecule has 27 heavy (non-hydrogen) atoms. The lowest BCUT2D eigenvalue weighted by Gasteiger charge is -2.26. The lowest BCUT2D eigenvalue weighted by molar-refractivity contribution is -0.140. The Labute approximate surface area is 166 Å². The van der Waals surface area contributed by atoms with Gasteiger partial charge in [-0.1, -0.05) is 12.1 Å². The van der Waals surface area contributed by atoms with Gasteiger partial charge in [0.15, 0.2) is 0 Å². The van der Waals surface area contributed by atoms with Gasteiger partial charge in [-0.15, -0.1) is 12.4 Å². The van der Waals surface area contributed by atoms with E-state index in [0.717, 1.165) is 24.2 Å². The van der Waals surface area contributed by atoms with Gasteiger partial charge in [0, 0.05) is 26.2 Å². The fourth-order valence-electron chi connectivity index (χ4n) is 2.81. The van der Waals surface area contributed by atoms with Crippen molar-refractivity contribution >= 4 is 24.3 Å². The van der Waals surface area contributed by atoms with E-state index in [-0.39, 0.29) is 30.2 Å². The summed E-state index contributed by atoms with van der Waals surface area (Å²) in [5.41, 5.74) is 7.03. The molecule has 1 unspecified atom stereocenters. The maximum atomic E-state index is 12.2. The number of halogens is 1. The number of carbonyl (C=O) groups excluding carboxylic acids is 2. The number of benzene rings is 1. The number of hydrogen-bond donors (Lipinski definition) is 2. The van der Waals surface area contributed by atoms with Gasteiger partial charge in [-0.05, 0) is 42.9 Å². The summed E-state index contributed by atoms with van der Waals surface area (Å²) in [6, 6.07) is 7.00. The van der Waals surface area contributed by atoms with Crippen LogP contribution in [0.15, 0.2) is 24.3 Å². The molecular weight excluding hydrogens is 372 g/mol. The van der Waals surface area contributed by atoms with E-state index in [9.17, 15) is 9.59 Å². The van der Waals surface area contributed by atoms with Gasteiger partial charge in [-0.25, -0.2) is 0 Å². The fourth-order valence-corrected chi connectivity index (χ4v) is 2.81. The van der Waals surface area contributed by atoms with Crippen molar-refractivity contribution in [2.24, 2.45) is 11.7 Å². The first-order chi connectivity index (χ1) is 12.6. The van der Waals surface area contributed by atoms with E-state index < -0.39 is 6.04 Å². The Morgan fingerprint density at radius 1 is 1.26 bits per heavy atom.